The Kier molecular flexibility index (Phi) is 22.6. The second kappa shape index (κ2) is 30.5. The highest BCUT2D eigenvalue weighted by Gasteiger charge is 2.58. The molecule has 0 unspecified atom stereocenters. The summed E-state index contributed by atoms with van der Waals surface area (Å²) < 4.78 is 78.2. The fraction of sp³-hybridized carbons (Fsp3) is 0.476. The minimum absolute atomic E-state index is 0.0495. The summed E-state index contributed by atoms with van der Waals surface area (Å²) in [5.74, 6) is -5.05. The molecule has 5 aromatic rings. The van der Waals surface area contributed by atoms with E-state index < -0.39 is 219 Å². The standard InChI is InChI=1S/C63H72O33/c1-24-41(71)46(76)50(80)59(86-24)88-32-19-33(68)40-34(20-32)89-55(28-9-15-31(67)16-10-28)56(45(40)75)94-63-58(96-62-53(83)49(79)44(74)37(92-62)23-85-39(70)18-8-27-5-13-30(66)14-6-27)57(95-60-51(81)47(77)42(72)35(21-64)90-60)54(25(2)87-63)93-61-52(82)48(78)43(73)36(91-61)22-84-38(69)17-7-26-3-11-29(65)12-4-26/h3-20,24-25,35-37,41-44,46-54,57-68,71-74,76-83H,21-23H2,1-2H3/t24-,25-,35+,36+,37+,41-,42+,43+,44+,46+,47-,48-,49-,50+,51+,52+,53+,54-,57+,58+,59-,60-,61-,62-,63-/m0/s1. The molecule has 0 aliphatic carbocycles. The molecule has 1 aromatic heterocycles. The second-order valence-corrected chi connectivity index (χ2v) is 23.2. The first-order valence-electron chi connectivity index (χ1n) is 30.0. The Morgan fingerprint density at radius 1 is 0.458 bits per heavy atom. The van der Waals surface area contributed by atoms with E-state index in [1.807, 2.05) is 0 Å². The Labute approximate surface area is 542 Å². The number of aliphatic hydroxyl groups excluding tert-OH is 13. The normalized spacial score (nSPS) is 35.8. The van der Waals surface area contributed by atoms with Crippen molar-refractivity contribution in [1.82, 2.24) is 0 Å². The zero-order valence-electron chi connectivity index (χ0n) is 50.6. The molecule has 0 radical (unpaired) electrons. The topological polar surface area (TPSA) is 519 Å². The van der Waals surface area contributed by atoms with E-state index >= 15 is 4.79 Å². The van der Waals surface area contributed by atoms with Crippen LogP contribution < -0.4 is 14.9 Å². The van der Waals surface area contributed by atoms with Crippen molar-refractivity contribution in [2.45, 2.75) is 167 Å². The van der Waals surface area contributed by atoms with E-state index in [4.69, 9.17) is 61.3 Å². The average Bonchev–Trinajstić information content (AvgIpc) is 0.756. The zero-order valence-corrected chi connectivity index (χ0v) is 50.6. The van der Waals surface area contributed by atoms with E-state index in [1.165, 1.54) is 98.8 Å². The molecule has 10 rings (SSSR count). The van der Waals surface area contributed by atoms with Crippen LogP contribution in [0.15, 0.2) is 106 Å². The molecule has 25 atom stereocenters. The highest BCUT2D eigenvalue weighted by atomic mass is 16.8. The van der Waals surface area contributed by atoms with E-state index in [0.29, 0.717) is 11.1 Å². The molecule has 0 spiro atoms. The monoisotopic (exact) mass is 1360 g/mol. The van der Waals surface area contributed by atoms with Gasteiger partial charge in [-0.2, -0.15) is 0 Å². The van der Waals surface area contributed by atoms with Gasteiger partial charge in [-0.05, 0) is 85.7 Å². The average molecular weight is 1360 g/mol. The van der Waals surface area contributed by atoms with Crippen molar-refractivity contribution in [2.75, 3.05) is 19.8 Å². The van der Waals surface area contributed by atoms with Gasteiger partial charge in [-0.25, -0.2) is 9.59 Å². The molecular formula is C63H72O33. The molecule has 6 heterocycles. The van der Waals surface area contributed by atoms with Gasteiger partial charge in [0.05, 0.1) is 18.8 Å². The molecule has 5 saturated heterocycles. The molecule has 522 valence electrons. The SMILES string of the molecule is C[C@@H]1O[C@@H](Oc2cc(O)c3c(=O)c(O[C@@H]4O[C@@H](C)[C@H](O[C@@H]5O[C@H](COC(=O)C=Cc6ccc(O)cc6)[C@@H](O)[C@H](O)[C@H]5O)[C@@H](O[C@@H]5O[C@H](CO)[C@@H](O)[C@H](O)[C@H]5O)[C@H]4O[C@@H]4O[C@H](COC(=O)C=Cc5ccc(O)cc5)[C@@H](O)[C@H](O)[C@H]4O)c(-c4ccc(O)cc4)oc3c2)[C@H](O)[C@H](O)[C@H]1O. The number of rotatable bonds is 20. The van der Waals surface area contributed by atoms with Crippen molar-refractivity contribution in [2.24, 2.45) is 0 Å². The van der Waals surface area contributed by atoms with Crippen LogP contribution in [0.5, 0.6) is 34.5 Å². The summed E-state index contributed by atoms with van der Waals surface area (Å²) in [6, 6.07) is 18.1. The quantitative estimate of drug-likeness (QED) is 0.0268. The molecular weight excluding hydrogens is 1280 g/mol. The second-order valence-electron chi connectivity index (χ2n) is 23.2. The first-order valence-corrected chi connectivity index (χ1v) is 30.0. The maximum atomic E-state index is 15.3. The largest absolute Gasteiger partial charge is 0.508 e. The summed E-state index contributed by atoms with van der Waals surface area (Å²) >= 11 is 0. The Morgan fingerprint density at radius 2 is 0.885 bits per heavy atom. The predicted molar refractivity (Wildman–Crippen MR) is 317 cm³/mol. The predicted octanol–water partition coefficient (Wildman–Crippen LogP) is -3.30. The summed E-state index contributed by atoms with van der Waals surface area (Å²) in [7, 11) is 0. The van der Waals surface area contributed by atoms with E-state index in [1.54, 1.807) is 0 Å². The van der Waals surface area contributed by atoms with Gasteiger partial charge >= 0.3 is 11.9 Å². The number of ether oxygens (including phenoxy) is 12. The summed E-state index contributed by atoms with van der Waals surface area (Å²) in [5, 5.41) is 185. The number of aliphatic hydroxyl groups is 13. The van der Waals surface area contributed by atoms with E-state index in [-0.39, 0.29) is 28.6 Å². The molecule has 5 aliphatic rings. The van der Waals surface area contributed by atoms with Crippen LogP contribution in [-0.4, -0.2) is 272 Å². The van der Waals surface area contributed by atoms with Crippen molar-refractivity contribution >= 4 is 35.1 Å². The third kappa shape index (κ3) is 15.7. The van der Waals surface area contributed by atoms with Crippen molar-refractivity contribution in [3.63, 3.8) is 0 Å². The van der Waals surface area contributed by atoms with Crippen LogP contribution in [0.4, 0.5) is 0 Å². The highest BCUT2D eigenvalue weighted by Crippen LogP contribution is 2.42. The maximum Gasteiger partial charge on any atom is 0.330 e. The Hall–Kier alpha value is -7.53. The lowest BCUT2D eigenvalue weighted by Crippen LogP contribution is -2.68. The summed E-state index contributed by atoms with van der Waals surface area (Å²) in [5.41, 5.74) is -0.834. The number of carbonyl (C=O) groups is 2. The van der Waals surface area contributed by atoms with Crippen LogP contribution in [0.3, 0.4) is 0 Å². The number of hydrogen-bond donors (Lipinski definition) is 17. The van der Waals surface area contributed by atoms with Crippen molar-refractivity contribution in [3.8, 4) is 45.8 Å². The van der Waals surface area contributed by atoms with Gasteiger partial charge in [0.15, 0.2) is 30.7 Å². The van der Waals surface area contributed by atoms with Crippen LogP contribution in [0.1, 0.15) is 25.0 Å². The van der Waals surface area contributed by atoms with Crippen LogP contribution in [0.2, 0.25) is 0 Å². The van der Waals surface area contributed by atoms with Crippen LogP contribution in [0.25, 0.3) is 34.4 Å². The lowest BCUT2D eigenvalue weighted by atomic mass is 9.95. The molecule has 5 fully saturated rings. The third-order valence-electron chi connectivity index (χ3n) is 16.5. The van der Waals surface area contributed by atoms with E-state index in [0.717, 1.165) is 24.3 Å². The van der Waals surface area contributed by atoms with Crippen molar-refractivity contribution in [3.05, 3.63) is 118 Å². The van der Waals surface area contributed by atoms with Gasteiger partial charge < -0.3 is 148 Å². The minimum atomic E-state index is -2.34. The molecule has 0 bridgehead atoms. The number of phenols is 4. The molecule has 33 nitrogen and oxygen atoms in total. The zero-order chi connectivity index (χ0) is 69.1. The smallest absolute Gasteiger partial charge is 0.330 e. The summed E-state index contributed by atoms with van der Waals surface area (Å²) in [4.78, 5) is 41.3. The summed E-state index contributed by atoms with van der Waals surface area (Å²) in [6.45, 7) is -0.0955. The number of phenolic OH excluding ortho intramolecular Hbond substituents is 4. The molecule has 33 heteroatoms. The first kappa shape index (κ1) is 71.2. The van der Waals surface area contributed by atoms with Crippen molar-refractivity contribution in [1.29, 1.82) is 0 Å². The van der Waals surface area contributed by atoms with E-state index in [9.17, 15) is 96.4 Å². The molecule has 4 aromatic carbocycles. The minimum Gasteiger partial charge on any atom is -0.508 e. The van der Waals surface area contributed by atoms with Crippen molar-refractivity contribution < 1.29 is 158 Å². The van der Waals surface area contributed by atoms with Gasteiger partial charge in [0.2, 0.25) is 23.8 Å². The van der Waals surface area contributed by atoms with Crippen LogP contribution in [0, 0.1) is 0 Å². The van der Waals surface area contributed by atoms with Gasteiger partial charge in [-0.15, -0.1) is 0 Å². The lowest BCUT2D eigenvalue weighted by molar-refractivity contribution is -0.400. The number of carbonyl (C=O) groups excluding carboxylic acids is 2. The van der Waals surface area contributed by atoms with Gasteiger partial charge in [0, 0.05) is 29.8 Å². The fourth-order valence-electron chi connectivity index (χ4n) is 11.1. The molecule has 0 saturated carbocycles. The van der Waals surface area contributed by atoms with Gasteiger partial charge in [-0.3, -0.25) is 4.79 Å². The lowest BCUT2D eigenvalue weighted by Gasteiger charge is -2.50. The van der Waals surface area contributed by atoms with Gasteiger partial charge in [0.1, 0.15) is 157 Å². The molecule has 0 amide bonds. The number of fused-ring (bicyclic) bond motifs is 1. The maximum absolute atomic E-state index is 15.3. The Balaban J connectivity index is 1.05. The molecule has 5 aliphatic heterocycles. The van der Waals surface area contributed by atoms with Crippen LogP contribution in [-0.2, 0) is 57.0 Å². The molecule has 17 N–H and O–H groups in total. The number of aromatic hydroxyl groups is 4. The fourth-order valence-corrected chi connectivity index (χ4v) is 11.1. The third-order valence-corrected chi connectivity index (χ3v) is 16.5. The molecule has 96 heavy (non-hydrogen) atoms. The number of benzene rings is 4. The number of hydrogen-bond acceptors (Lipinski definition) is 33. The Morgan fingerprint density at radius 3 is 1.39 bits per heavy atom. The van der Waals surface area contributed by atoms with Gasteiger partial charge in [-0.1, -0.05) is 24.3 Å². The Bertz CT molecular complexity index is 3570. The highest BCUT2D eigenvalue weighted by molar-refractivity contribution is 5.89. The number of esters is 2. The van der Waals surface area contributed by atoms with Gasteiger partial charge in [0.25, 0.3) is 0 Å². The van der Waals surface area contributed by atoms with Crippen LogP contribution >= 0.6 is 0 Å². The van der Waals surface area contributed by atoms with E-state index in [2.05, 4.69) is 0 Å². The first-order chi connectivity index (χ1) is 45.7. The summed E-state index contributed by atoms with van der Waals surface area (Å²) in [6.07, 6.45) is -45.0.